The molecule has 0 bridgehead atoms. The normalized spacial score (nSPS) is 22.2. The number of rotatable bonds is 3. The lowest BCUT2D eigenvalue weighted by molar-refractivity contribution is 0.0943. The minimum absolute atomic E-state index is 0.0284. The Hall–Kier alpha value is -1.97. The fourth-order valence-corrected chi connectivity index (χ4v) is 3.12. The number of aromatic amines is 1. The number of fused-ring (bicyclic) bond motifs is 1. The summed E-state index contributed by atoms with van der Waals surface area (Å²) in [7, 11) is 0. The van der Waals surface area contributed by atoms with Gasteiger partial charge in [-0.05, 0) is 48.9 Å². The van der Waals surface area contributed by atoms with E-state index in [4.69, 9.17) is 5.73 Å². The Labute approximate surface area is 118 Å². The molecule has 1 aromatic heterocycles. The topological polar surface area (TPSA) is 70.9 Å². The highest BCUT2D eigenvalue weighted by atomic mass is 16.1. The number of benzene rings is 1. The monoisotopic (exact) mass is 271 g/mol. The van der Waals surface area contributed by atoms with E-state index in [1.165, 1.54) is 19.3 Å². The van der Waals surface area contributed by atoms with Crippen molar-refractivity contribution in [3.05, 3.63) is 30.0 Å². The van der Waals surface area contributed by atoms with Crippen molar-refractivity contribution in [1.29, 1.82) is 0 Å². The lowest BCUT2D eigenvalue weighted by atomic mass is 10.1. The fraction of sp³-hybridized carbons (Fsp3) is 0.438. The van der Waals surface area contributed by atoms with Crippen LogP contribution in [0.1, 0.15) is 36.7 Å². The van der Waals surface area contributed by atoms with Gasteiger partial charge in [0.1, 0.15) is 5.69 Å². The van der Waals surface area contributed by atoms with Gasteiger partial charge in [-0.15, -0.1) is 0 Å². The molecule has 2 atom stereocenters. The molecule has 4 heteroatoms. The number of nitrogens with one attached hydrogen (secondary N) is 2. The Bertz CT molecular complexity index is 632. The first-order chi connectivity index (χ1) is 9.61. The summed E-state index contributed by atoms with van der Waals surface area (Å²) in [4.78, 5) is 15.3. The smallest absolute Gasteiger partial charge is 0.267 e. The van der Waals surface area contributed by atoms with E-state index < -0.39 is 0 Å². The van der Waals surface area contributed by atoms with Crippen LogP contribution in [-0.4, -0.2) is 17.4 Å². The van der Waals surface area contributed by atoms with E-state index in [-0.39, 0.29) is 5.91 Å². The summed E-state index contributed by atoms with van der Waals surface area (Å²) >= 11 is 0. The molecule has 0 aliphatic heterocycles. The van der Waals surface area contributed by atoms with Crippen LogP contribution < -0.4 is 11.1 Å². The Morgan fingerprint density at radius 3 is 3.00 bits per heavy atom. The summed E-state index contributed by atoms with van der Waals surface area (Å²) in [5.41, 5.74) is 8.01. The van der Waals surface area contributed by atoms with Crippen LogP contribution in [0.4, 0.5) is 5.69 Å². The molecule has 0 spiro atoms. The maximum atomic E-state index is 12.2. The number of H-pyrrole nitrogens is 1. The molecule has 1 amide bonds. The largest absolute Gasteiger partial charge is 0.399 e. The van der Waals surface area contributed by atoms with Gasteiger partial charge < -0.3 is 16.0 Å². The highest BCUT2D eigenvalue weighted by Crippen LogP contribution is 2.29. The number of aromatic nitrogens is 1. The number of nitrogen functional groups attached to an aromatic ring is 1. The molecule has 1 fully saturated rings. The van der Waals surface area contributed by atoms with Crippen molar-refractivity contribution in [3.63, 3.8) is 0 Å². The van der Waals surface area contributed by atoms with Gasteiger partial charge in [-0.25, -0.2) is 0 Å². The molecule has 1 aromatic carbocycles. The molecule has 2 aromatic rings. The van der Waals surface area contributed by atoms with Crippen molar-refractivity contribution in [2.45, 2.75) is 26.2 Å². The molecular weight excluding hydrogens is 250 g/mol. The van der Waals surface area contributed by atoms with Crippen molar-refractivity contribution in [1.82, 2.24) is 10.3 Å². The van der Waals surface area contributed by atoms with Gasteiger partial charge in [0.15, 0.2) is 0 Å². The zero-order valence-electron chi connectivity index (χ0n) is 11.8. The number of carbonyl (C=O) groups is 1. The van der Waals surface area contributed by atoms with Gasteiger partial charge in [0.25, 0.3) is 5.91 Å². The third-order valence-corrected chi connectivity index (χ3v) is 4.24. The van der Waals surface area contributed by atoms with Crippen LogP contribution in [0, 0.1) is 11.8 Å². The average molecular weight is 271 g/mol. The molecule has 20 heavy (non-hydrogen) atoms. The van der Waals surface area contributed by atoms with Crippen LogP contribution in [0.2, 0.25) is 0 Å². The maximum Gasteiger partial charge on any atom is 0.267 e. The fourth-order valence-electron chi connectivity index (χ4n) is 3.12. The molecule has 0 radical (unpaired) electrons. The van der Waals surface area contributed by atoms with E-state index in [0.717, 1.165) is 23.4 Å². The second-order valence-electron chi connectivity index (χ2n) is 6.02. The second kappa shape index (κ2) is 5.19. The van der Waals surface area contributed by atoms with Crippen LogP contribution in [0.15, 0.2) is 24.3 Å². The van der Waals surface area contributed by atoms with E-state index in [1.54, 1.807) is 0 Å². The molecule has 2 unspecified atom stereocenters. The second-order valence-corrected chi connectivity index (χ2v) is 6.02. The van der Waals surface area contributed by atoms with Crippen molar-refractivity contribution in [3.8, 4) is 0 Å². The number of carbonyl (C=O) groups excluding carboxylic acids is 1. The molecule has 1 heterocycles. The summed E-state index contributed by atoms with van der Waals surface area (Å²) in [5, 5.41) is 4.01. The third-order valence-electron chi connectivity index (χ3n) is 4.24. The quantitative estimate of drug-likeness (QED) is 0.751. The van der Waals surface area contributed by atoms with Gasteiger partial charge >= 0.3 is 0 Å². The Morgan fingerprint density at radius 1 is 1.40 bits per heavy atom. The van der Waals surface area contributed by atoms with Crippen molar-refractivity contribution in [2.24, 2.45) is 11.8 Å². The Balaban J connectivity index is 1.66. The first kappa shape index (κ1) is 13.0. The molecule has 4 N–H and O–H groups in total. The summed E-state index contributed by atoms with van der Waals surface area (Å²) in [6.07, 6.45) is 3.74. The summed E-state index contributed by atoms with van der Waals surface area (Å²) < 4.78 is 0. The zero-order valence-corrected chi connectivity index (χ0v) is 11.8. The lowest BCUT2D eigenvalue weighted by Crippen LogP contribution is -2.28. The van der Waals surface area contributed by atoms with Crippen LogP contribution in [0.25, 0.3) is 10.9 Å². The van der Waals surface area contributed by atoms with Crippen molar-refractivity contribution in [2.75, 3.05) is 12.3 Å². The summed E-state index contributed by atoms with van der Waals surface area (Å²) in [6.45, 7) is 3.06. The first-order valence-corrected chi connectivity index (χ1v) is 7.28. The van der Waals surface area contributed by atoms with Gasteiger partial charge in [-0.3, -0.25) is 4.79 Å². The average Bonchev–Trinajstić information content (AvgIpc) is 3.01. The predicted molar refractivity (Wildman–Crippen MR) is 81.5 cm³/mol. The highest BCUT2D eigenvalue weighted by molar-refractivity contribution is 5.98. The highest BCUT2D eigenvalue weighted by Gasteiger charge is 2.22. The van der Waals surface area contributed by atoms with E-state index >= 15 is 0 Å². The molecule has 0 saturated heterocycles. The maximum absolute atomic E-state index is 12.2. The van der Waals surface area contributed by atoms with Crippen LogP contribution in [0.5, 0.6) is 0 Å². The minimum Gasteiger partial charge on any atom is -0.399 e. The van der Waals surface area contributed by atoms with E-state index in [2.05, 4.69) is 17.2 Å². The number of hydrogen-bond donors (Lipinski definition) is 3. The molecule has 106 valence electrons. The van der Waals surface area contributed by atoms with E-state index in [9.17, 15) is 4.79 Å². The molecule has 3 rings (SSSR count). The minimum atomic E-state index is -0.0284. The SMILES string of the molecule is CC1CCC(CNC(=O)c2cc3cc(N)ccc3[nH]2)C1. The number of amides is 1. The van der Waals surface area contributed by atoms with Gasteiger partial charge in [-0.1, -0.05) is 13.3 Å². The van der Waals surface area contributed by atoms with Gasteiger partial charge in [0.2, 0.25) is 0 Å². The van der Waals surface area contributed by atoms with Crippen LogP contribution >= 0.6 is 0 Å². The van der Waals surface area contributed by atoms with E-state index in [0.29, 0.717) is 17.3 Å². The predicted octanol–water partition coefficient (Wildman–Crippen LogP) is 2.92. The summed E-state index contributed by atoms with van der Waals surface area (Å²) in [6, 6.07) is 7.47. The number of nitrogens with two attached hydrogens (primary N) is 1. The van der Waals surface area contributed by atoms with Crippen molar-refractivity contribution < 1.29 is 4.79 Å². The van der Waals surface area contributed by atoms with E-state index in [1.807, 2.05) is 24.3 Å². The zero-order chi connectivity index (χ0) is 14.1. The molecule has 4 nitrogen and oxygen atoms in total. The Kier molecular flexibility index (Phi) is 3.38. The van der Waals surface area contributed by atoms with Gasteiger partial charge in [0.05, 0.1) is 0 Å². The molecule has 1 aliphatic carbocycles. The van der Waals surface area contributed by atoms with Gasteiger partial charge in [0, 0.05) is 23.1 Å². The number of hydrogen-bond acceptors (Lipinski definition) is 2. The van der Waals surface area contributed by atoms with Crippen LogP contribution in [0.3, 0.4) is 0 Å². The Morgan fingerprint density at radius 2 is 2.25 bits per heavy atom. The van der Waals surface area contributed by atoms with Crippen LogP contribution in [-0.2, 0) is 0 Å². The lowest BCUT2D eigenvalue weighted by Gasteiger charge is -2.10. The molecular formula is C16H21N3O. The third kappa shape index (κ3) is 2.64. The van der Waals surface area contributed by atoms with Crippen molar-refractivity contribution >= 4 is 22.5 Å². The molecule has 1 aliphatic rings. The first-order valence-electron chi connectivity index (χ1n) is 7.28. The summed E-state index contributed by atoms with van der Waals surface area (Å²) in [5.74, 6) is 1.40. The number of anilines is 1. The molecule has 1 saturated carbocycles. The van der Waals surface area contributed by atoms with Gasteiger partial charge in [-0.2, -0.15) is 0 Å². The standard InChI is InChI=1S/C16H21N3O/c1-10-2-3-11(6-10)9-18-16(20)15-8-12-7-13(17)4-5-14(12)19-15/h4-5,7-8,10-11,19H,2-3,6,9,17H2,1H3,(H,18,20).